The zero-order chi connectivity index (χ0) is 16.0. The summed E-state index contributed by atoms with van der Waals surface area (Å²) in [4.78, 5) is 0. The quantitative estimate of drug-likeness (QED) is 0.275. The first-order valence-corrected chi connectivity index (χ1v) is 8.64. The van der Waals surface area contributed by atoms with E-state index in [-0.39, 0.29) is 0 Å². The van der Waals surface area contributed by atoms with Gasteiger partial charge in [0.25, 0.3) is 0 Å². The van der Waals surface area contributed by atoms with E-state index in [0.717, 1.165) is 5.57 Å². The Bertz CT molecular complexity index is 269. The molecule has 0 aliphatic rings. The number of methoxy groups -OCH3 is 3. The van der Waals surface area contributed by atoms with Gasteiger partial charge in [0.1, 0.15) is 0 Å². The highest BCUT2D eigenvalue weighted by molar-refractivity contribution is 6.66. The zero-order valence-electron chi connectivity index (χ0n) is 13.6. The average molecular weight is 320 g/mol. The molecule has 0 saturated heterocycles. The van der Waals surface area contributed by atoms with Gasteiger partial charge < -0.3 is 27.5 Å². The zero-order valence-corrected chi connectivity index (χ0v) is 14.6. The summed E-state index contributed by atoms with van der Waals surface area (Å²) in [7, 11) is 1.91. The van der Waals surface area contributed by atoms with E-state index in [1.165, 1.54) is 0 Å². The van der Waals surface area contributed by atoms with Crippen molar-refractivity contribution in [2.45, 2.75) is 6.92 Å². The van der Waals surface area contributed by atoms with Crippen LogP contribution in [0.4, 0.5) is 0 Å². The van der Waals surface area contributed by atoms with Gasteiger partial charge in [0.05, 0.1) is 39.6 Å². The highest BCUT2D eigenvalue weighted by atomic mass is 28.4. The highest BCUT2D eigenvalue weighted by Gasteiger charge is 2.38. The maximum absolute atomic E-state index is 5.84. The smallest absolute Gasteiger partial charge is 0.382 e. The van der Waals surface area contributed by atoms with Gasteiger partial charge in [-0.05, 0) is 12.6 Å². The molecule has 0 atom stereocenters. The van der Waals surface area contributed by atoms with Gasteiger partial charge in [0.15, 0.2) is 0 Å². The molecule has 0 aromatic rings. The topological polar surface area (TPSA) is 55.4 Å². The first-order chi connectivity index (χ1) is 10.1. The number of hydrogen-bond acceptors (Lipinski definition) is 6. The molecule has 0 aliphatic heterocycles. The predicted molar refractivity (Wildman–Crippen MR) is 83.2 cm³/mol. The summed E-state index contributed by atoms with van der Waals surface area (Å²) in [6.07, 6.45) is 1.85. The first-order valence-electron chi connectivity index (χ1n) is 6.83. The number of hydrogen-bond donors (Lipinski definition) is 0. The number of ether oxygens (including phenoxy) is 3. The molecule has 6 nitrogen and oxygen atoms in total. The lowest BCUT2D eigenvalue weighted by atomic mass is 10.4. The van der Waals surface area contributed by atoms with E-state index < -0.39 is 8.80 Å². The van der Waals surface area contributed by atoms with Crippen LogP contribution in [0.2, 0.25) is 0 Å². The van der Waals surface area contributed by atoms with Crippen LogP contribution in [0.15, 0.2) is 23.9 Å². The standard InChI is InChI=1S/C14H28O6Si/c1-14(2)6-13-21(18-10-7-15-3,19-11-8-16-4)20-12-9-17-5/h6,13H,1,7-12H2,2-5H3. The van der Waals surface area contributed by atoms with Crippen molar-refractivity contribution in [3.05, 3.63) is 23.9 Å². The van der Waals surface area contributed by atoms with E-state index >= 15 is 0 Å². The van der Waals surface area contributed by atoms with Crippen molar-refractivity contribution < 1.29 is 27.5 Å². The van der Waals surface area contributed by atoms with E-state index in [9.17, 15) is 0 Å². The number of allylic oxidation sites excluding steroid dienone is 2. The van der Waals surface area contributed by atoms with Gasteiger partial charge in [-0.3, -0.25) is 0 Å². The molecule has 0 bridgehead atoms. The lowest BCUT2D eigenvalue weighted by Crippen LogP contribution is -2.46. The summed E-state index contributed by atoms with van der Waals surface area (Å²) in [5.41, 5.74) is 2.73. The normalized spacial score (nSPS) is 12.2. The van der Waals surface area contributed by atoms with Gasteiger partial charge in [0, 0.05) is 21.3 Å². The summed E-state index contributed by atoms with van der Waals surface area (Å²) < 4.78 is 32.6. The Labute approximate surface area is 129 Å². The van der Waals surface area contributed by atoms with Crippen molar-refractivity contribution >= 4 is 8.80 Å². The van der Waals surface area contributed by atoms with E-state index in [1.807, 2.05) is 18.7 Å². The third kappa shape index (κ3) is 10.8. The van der Waals surface area contributed by atoms with Crippen LogP contribution in [0.25, 0.3) is 0 Å². The van der Waals surface area contributed by atoms with E-state index in [1.54, 1.807) is 21.3 Å². The van der Waals surface area contributed by atoms with E-state index in [4.69, 9.17) is 27.5 Å². The Balaban J connectivity index is 4.81. The second-order valence-corrected chi connectivity index (χ2v) is 6.71. The van der Waals surface area contributed by atoms with Crippen molar-refractivity contribution in [2.24, 2.45) is 0 Å². The van der Waals surface area contributed by atoms with Crippen LogP contribution < -0.4 is 0 Å². The Hall–Kier alpha value is -0.543. The minimum absolute atomic E-state index is 0.392. The minimum Gasteiger partial charge on any atom is -0.382 e. The monoisotopic (exact) mass is 320 g/mol. The van der Waals surface area contributed by atoms with Gasteiger partial charge in [-0.15, -0.1) is 0 Å². The molecule has 0 amide bonds. The SMILES string of the molecule is C=C(C)C=C[Si](OCCOC)(OCCOC)OCCOC. The third-order valence-corrected chi connectivity index (χ3v) is 4.74. The van der Waals surface area contributed by atoms with Crippen molar-refractivity contribution in [1.29, 1.82) is 0 Å². The summed E-state index contributed by atoms with van der Waals surface area (Å²) in [6.45, 7) is 8.32. The van der Waals surface area contributed by atoms with Gasteiger partial charge >= 0.3 is 8.80 Å². The van der Waals surface area contributed by atoms with Crippen LogP contribution in [0.3, 0.4) is 0 Å². The van der Waals surface area contributed by atoms with Crippen molar-refractivity contribution in [3.63, 3.8) is 0 Å². The highest BCUT2D eigenvalue weighted by Crippen LogP contribution is 2.13. The predicted octanol–water partition coefficient (Wildman–Crippen LogP) is 1.59. The Kier molecular flexibility index (Phi) is 12.8. The van der Waals surface area contributed by atoms with Crippen LogP contribution in [0.5, 0.6) is 0 Å². The van der Waals surface area contributed by atoms with Gasteiger partial charge in [-0.2, -0.15) is 0 Å². The molecule has 7 heteroatoms. The fourth-order valence-corrected chi connectivity index (χ4v) is 3.45. The second kappa shape index (κ2) is 13.1. The molecule has 0 fully saturated rings. The molecule has 0 radical (unpaired) electrons. The molecule has 0 spiro atoms. The molecule has 21 heavy (non-hydrogen) atoms. The Morgan fingerprint density at radius 2 is 1.19 bits per heavy atom. The van der Waals surface area contributed by atoms with Crippen LogP contribution in [0.1, 0.15) is 6.92 Å². The minimum atomic E-state index is -2.95. The molecular formula is C14H28O6Si. The summed E-state index contributed by atoms with van der Waals surface area (Å²) >= 11 is 0. The maximum atomic E-state index is 5.84. The lowest BCUT2D eigenvalue weighted by molar-refractivity contribution is 0.0231. The Morgan fingerprint density at radius 1 is 0.810 bits per heavy atom. The fraction of sp³-hybridized carbons (Fsp3) is 0.714. The van der Waals surface area contributed by atoms with Gasteiger partial charge in [0.2, 0.25) is 0 Å². The fourth-order valence-electron chi connectivity index (χ4n) is 1.32. The summed E-state index contributed by atoms with van der Waals surface area (Å²) in [6, 6.07) is 0. The van der Waals surface area contributed by atoms with Crippen molar-refractivity contribution in [1.82, 2.24) is 0 Å². The molecule has 0 aromatic carbocycles. The average Bonchev–Trinajstić information content (AvgIpc) is 2.46. The van der Waals surface area contributed by atoms with Gasteiger partial charge in [-0.1, -0.05) is 18.2 Å². The molecule has 0 aliphatic carbocycles. The lowest BCUT2D eigenvalue weighted by Gasteiger charge is -2.26. The van der Waals surface area contributed by atoms with Crippen molar-refractivity contribution in [2.75, 3.05) is 61.0 Å². The van der Waals surface area contributed by atoms with Crippen LogP contribution >= 0.6 is 0 Å². The molecule has 0 rings (SSSR count). The first kappa shape index (κ1) is 20.5. The Morgan fingerprint density at radius 3 is 1.48 bits per heavy atom. The van der Waals surface area contributed by atoms with Crippen LogP contribution in [0, 0.1) is 0 Å². The second-order valence-electron chi connectivity index (χ2n) is 4.31. The molecule has 0 saturated carbocycles. The third-order valence-electron chi connectivity index (χ3n) is 2.34. The number of rotatable bonds is 14. The molecule has 124 valence electrons. The van der Waals surface area contributed by atoms with E-state index in [2.05, 4.69) is 6.58 Å². The maximum Gasteiger partial charge on any atom is 0.529 e. The molecule has 0 aromatic heterocycles. The molecule has 0 N–H and O–H groups in total. The largest absolute Gasteiger partial charge is 0.529 e. The van der Waals surface area contributed by atoms with Crippen LogP contribution in [-0.2, 0) is 27.5 Å². The van der Waals surface area contributed by atoms with E-state index in [0.29, 0.717) is 39.6 Å². The molecular weight excluding hydrogens is 292 g/mol. The summed E-state index contributed by atoms with van der Waals surface area (Å²) in [5.74, 6) is 0. The van der Waals surface area contributed by atoms with Crippen LogP contribution in [-0.4, -0.2) is 69.8 Å². The summed E-state index contributed by atoms with van der Waals surface area (Å²) in [5, 5.41) is 0. The molecule has 0 heterocycles. The van der Waals surface area contributed by atoms with Crippen molar-refractivity contribution in [3.8, 4) is 0 Å². The van der Waals surface area contributed by atoms with Gasteiger partial charge in [-0.25, -0.2) is 0 Å². The molecule has 0 unspecified atom stereocenters.